The number of ketones is 1. The standard InChI is InChI=1S/C16H21N3O4.C5H9F3O/c1-16(2,3)23-15(21)17-8-14-18-11-6-5-10(7-12(11)19-14)13(20)9-22-4;1-4(2,9-3)5(6,7)8/h5-7H,8-9H2,1-4H3,(H,17,21)(H,18,19);1-3H3. The van der Waals surface area contributed by atoms with Crippen molar-refractivity contribution in [2.24, 2.45) is 0 Å². The number of hydrogen-bond acceptors (Lipinski definition) is 6. The Hall–Kier alpha value is -2.66. The summed E-state index contributed by atoms with van der Waals surface area (Å²) in [4.78, 5) is 30.9. The van der Waals surface area contributed by atoms with Crippen molar-refractivity contribution in [3.63, 3.8) is 0 Å². The first kappa shape index (κ1) is 27.4. The summed E-state index contributed by atoms with van der Waals surface area (Å²) in [6.07, 6.45) is -4.78. The van der Waals surface area contributed by atoms with E-state index < -0.39 is 23.5 Å². The van der Waals surface area contributed by atoms with Gasteiger partial charge in [0.05, 0.1) is 17.6 Å². The number of aromatic nitrogens is 2. The second-order valence-electron chi connectivity index (χ2n) is 8.34. The van der Waals surface area contributed by atoms with Crippen LogP contribution in [0.3, 0.4) is 0 Å². The molecule has 0 fully saturated rings. The smallest absolute Gasteiger partial charge is 0.416 e. The molecule has 1 aromatic carbocycles. The van der Waals surface area contributed by atoms with Gasteiger partial charge in [0.1, 0.15) is 18.0 Å². The Labute approximate surface area is 184 Å². The monoisotopic (exact) mass is 461 g/mol. The summed E-state index contributed by atoms with van der Waals surface area (Å²) in [7, 11) is 2.51. The third kappa shape index (κ3) is 8.46. The predicted octanol–water partition coefficient (Wildman–Crippen LogP) is 4.39. The maximum absolute atomic E-state index is 11.8. The van der Waals surface area contributed by atoms with Crippen molar-refractivity contribution >= 4 is 22.9 Å². The molecule has 0 saturated carbocycles. The number of imidazole rings is 1. The van der Waals surface area contributed by atoms with E-state index in [1.54, 1.807) is 39.0 Å². The molecule has 0 atom stereocenters. The van der Waals surface area contributed by atoms with Crippen LogP contribution in [0.2, 0.25) is 0 Å². The molecule has 0 aliphatic heterocycles. The lowest BCUT2D eigenvalue weighted by atomic mass is 10.1. The Kier molecular flexibility index (Phi) is 9.22. The number of aromatic amines is 1. The number of nitrogens with one attached hydrogen (secondary N) is 2. The summed E-state index contributed by atoms with van der Waals surface area (Å²) in [5.41, 5.74) is -0.566. The molecule has 2 N–H and O–H groups in total. The zero-order chi connectivity index (χ0) is 24.7. The minimum absolute atomic E-state index is 0.0344. The van der Waals surface area contributed by atoms with E-state index in [0.29, 0.717) is 11.4 Å². The zero-order valence-electron chi connectivity index (χ0n) is 19.3. The van der Waals surface area contributed by atoms with Crippen LogP contribution in [0.1, 0.15) is 50.8 Å². The Morgan fingerprint density at radius 3 is 2.19 bits per heavy atom. The van der Waals surface area contributed by atoms with Crippen LogP contribution in [-0.2, 0) is 20.8 Å². The van der Waals surface area contributed by atoms with Crippen molar-refractivity contribution in [3.05, 3.63) is 29.6 Å². The molecule has 0 aliphatic carbocycles. The number of carbonyl (C=O) groups excluding carboxylic acids is 2. The molecule has 1 heterocycles. The van der Waals surface area contributed by atoms with E-state index in [2.05, 4.69) is 20.0 Å². The van der Waals surface area contributed by atoms with Gasteiger partial charge in [-0.25, -0.2) is 9.78 Å². The molecule has 32 heavy (non-hydrogen) atoms. The SMILES string of the molecule is COC(C)(C)C(F)(F)F.COCC(=O)c1ccc2nc(CNC(=O)OC(C)(C)C)[nH]c2c1. The number of carbonyl (C=O) groups is 2. The summed E-state index contributed by atoms with van der Waals surface area (Å²) < 4.78 is 49.3. The molecule has 1 amide bonds. The number of rotatable bonds is 6. The fourth-order valence-corrected chi connectivity index (χ4v) is 2.12. The van der Waals surface area contributed by atoms with E-state index in [1.807, 2.05) is 0 Å². The van der Waals surface area contributed by atoms with Gasteiger partial charge in [-0.2, -0.15) is 13.2 Å². The van der Waals surface area contributed by atoms with Crippen molar-refractivity contribution in [1.82, 2.24) is 15.3 Å². The highest BCUT2D eigenvalue weighted by Crippen LogP contribution is 2.31. The molecule has 2 rings (SSSR count). The second-order valence-corrected chi connectivity index (χ2v) is 8.34. The quantitative estimate of drug-likeness (QED) is 0.619. The van der Waals surface area contributed by atoms with Gasteiger partial charge in [0.15, 0.2) is 11.4 Å². The van der Waals surface area contributed by atoms with Crippen LogP contribution in [0.5, 0.6) is 0 Å². The van der Waals surface area contributed by atoms with Gasteiger partial charge in [-0.05, 0) is 52.8 Å². The molecule has 11 heteroatoms. The first-order valence-electron chi connectivity index (χ1n) is 9.69. The lowest BCUT2D eigenvalue weighted by Gasteiger charge is -2.25. The number of alkyl carbamates (subject to hydrolysis) is 1. The van der Waals surface area contributed by atoms with Gasteiger partial charge >= 0.3 is 12.3 Å². The number of alkyl halides is 3. The Bertz CT molecular complexity index is 918. The number of methoxy groups -OCH3 is 2. The fraction of sp³-hybridized carbons (Fsp3) is 0.571. The average molecular weight is 461 g/mol. The summed E-state index contributed by atoms with van der Waals surface area (Å²) in [5, 5.41) is 2.63. The van der Waals surface area contributed by atoms with Gasteiger partial charge in [-0.3, -0.25) is 4.79 Å². The number of fused-ring (bicyclic) bond motifs is 1. The fourth-order valence-electron chi connectivity index (χ4n) is 2.12. The minimum atomic E-state index is -4.28. The molecule has 0 unspecified atom stereocenters. The number of halogens is 3. The van der Waals surface area contributed by atoms with Gasteiger partial charge < -0.3 is 24.5 Å². The Balaban J connectivity index is 0.000000482. The van der Waals surface area contributed by atoms with Gasteiger partial charge in [-0.15, -0.1) is 0 Å². The lowest BCUT2D eigenvalue weighted by Crippen LogP contribution is -2.40. The van der Waals surface area contributed by atoms with Crippen LogP contribution in [-0.4, -0.2) is 60.0 Å². The third-order valence-electron chi connectivity index (χ3n) is 4.12. The molecule has 180 valence electrons. The first-order valence-corrected chi connectivity index (χ1v) is 9.69. The number of nitrogens with zero attached hydrogens (tertiary/aromatic N) is 1. The number of ether oxygens (including phenoxy) is 3. The number of Topliss-reactive ketones (excluding diaryl/α,β-unsaturated/α-hetero) is 1. The maximum atomic E-state index is 11.8. The molecule has 0 aliphatic rings. The summed E-state index contributed by atoms with van der Waals surface area (Å²) >= 11 is 0. The number of hydrogen-bond donors (Lipinski definition) is 2. The van der Waals surface area contributed by atoms with Crippen LogP contribution in [0.15, 0.2) is 18.2 Å². The number of H-pyrrole nitrogens is 1. The summed E-state index contributed by atoms with van der Waals surface area (Å²) in [6.45, 7) is 7.60. The predicted molar refractivity (Wildman–Crippen MR) is 113 cm³/mol. The van der Waals surface area contributed by atoms with Crippen molar-refractivity contribution in [2.75, 3.05) is 20.8 Å². The molecule has 0 saturated heterocycles. The van der Waals surface area contributed by atoms with Gasteiger partial charge in [0.25, 0.3) is 0 Å². The molecule has 1 aromatic heterocycles. The Morgan fingerprint density at radius 2 is 1.72 bits per heavy atom. The van der Waals surface area contributed by atoms with Gasteiger partial charge in [0, 0.05) is 19.8 Å². The first-order chi connectivity index (χ1) is 14.6. The van der Waals surface area contributed by atoms with E-state index in [1.165, 1.54) is 7.11 Å². The molecule has 0 radical (unpaired) electrons. The highest BCUT2D eigenvalue weighted by atomic mass is 19.4. The van der Waals surface area contributed by atoms with Gasteiger partial charge in [-0.1, -0.05) is 0 Å². The van der Waals surface area contributed by atoms with E-state index in [4.69, 9.17) is 9.47 Å². The van der Waals surface area contributed by atoms with Crippen LogP contribution in [0, 0.1) is 0 Å². The van der Waals surface area contributed by atoms with Crippen molar-refractivity contribution < 1.29 is 37.0 Å². The molecule has 0 spiro atoms. The lowest BCUT2D eigenvalue weighted by molar-refractivity contribution is -0.255. The molecular formula is C21H30F3N3O5. The highest BCUT2D eigenvalue weighted by molar-refractivity contribution is 5.99. The Morgan fingerprint density at radius 1 is 1.09 bits per heavy atom. The summed E-state index contributed by atoms with van der Waals surface area (Å²) in [5.74, 6) is 0.486. The number of benzene rings is 1. The van der Waals surface area contributed by atoms with Crippen molar-refractivity contribution in [1.29, 1.82) is 0 Å². The van der Waals surface area contributed by atoms with Crippen LogP contribution < -0.4 is 5.32 Å². The van der Waals surface area contributed by atoms with Crippen LogP contribution >= 0.6 is 0 Å². The van der Waals surface area contributed by atoms with Crippen LogP contribution in [0.4, 0.5) is 18.0 Å². The zero-order valence-corrected chi connectivity index (χ0v) is 19.3. The normalized spacial score (nSPS) is 12.2. The molecule has 8 nitrogen and oxygen atoms in total. The summed E-state index contributed by atoms with van der Waals surface area (Å²) in [6, 6.07) is 5.18. The minimum Gasteiger partial charge on any atom is -0.444 e. The van der Waals surface area contributed by atoms with Crippen molar-refractivity contribution in [3.8, 4) is 0 Å². The van der Waals surface area contributed by atoms with Crippen molar-refractivity contribution in [2.45, 2.75) is 58.5 Å². The van der Waals surface area contributed by atoms with E-state index in [-0.39, 0.29) is 18.9 Å². The average Bonchev–Trinajstić information content (AvgIpc) is 3.07. The second kappa shape index (κ2) is 10.8. The molecule has 2 aromatic rings. The number of amides is 1. The topological polar surface area (TPSA) is 103 Å². The highest BCUT2D eigenvalue weighted by Gasteiger charge is 2.47. The van der Waals surface area contributed by atoms with E-state index in [0.717, 1.165) is 32.0 Å². The van der Waals surface area contributed by atoms with E-state index in [9.17, 15) is 22.8 Å². The van der Waals surface area contributed by atoms with E-state index >= 15 is 0 Å². The largest absolute Gasteiger partial charge is 0.444 e. The van der Waals surface area contributed by atoms with Crippen LogP contribution in [0.25, 0.3) is 11.0 Å². The molecule has 0 bridgehead atoms. The van der Waals surface area contributed by atoms with Gasteiger partial charge in [0.2, 0.25) is 0 Å². The third-order valence-corrected chi connectivity index (χ3v) is 4.12. The maximum Gasteiger partial charge on any atom is 0.416 e. The molecular weight excluding hydrogens is 431 g/mol.